The first kappa shape index (κ1) is 12.8. The fourth-order valence-electron chi connectivity index (χ4n) is 1.91. The Balaban J connectivity index is 1.50. The number of carbonyl (C=O) groups is 1. The van der Waals surface area contributed by atoms with E-state index in [4.69, 9.17) is 4.42 Å². The summed E-state index contributed by atoms with van der Waals surface area (Å²) in [6.07, 6.45) is 3.86. The van der Waals surface area contributed by atoms with Crippen molar-refractivity contribution in [2.45, 2.75) is 12.8 Å². The van der Waals surface area contributed by atoms with Crippen LogP contribution in [0, 0.1) is 5.92 Å². The largest absolute Gasteiger partial charge is 0.423 e. The van der Waals surface area contributed by atoms with Gasteiger partial charge in [0.25, 0.3) is 0 Å². The van der Waals surface area contributed by atoms with Gasteiger partial charge in [0.2, 0.25) is 18.2 Å². The summed E-state index contributed by atoms with van der Waals surface area (Å²) in [5.41, 5.74) is 1.58. The Morgan fingerprint density at radius 1 is 1.30 bits per heavy atom. The second-order valence-electron chi connectivity index (χ2n) is 4.94. The van der Waals surface area contributed by atoms with Gasteiger partial charge in [-0.1, -0.05) is 0 Å². The smallest absolute Gasteiger partial charge is 0.247 e. The van der Waals surface area contributed by atoms with E-state index in [1.54, 1.807) is 0 Å². The molecule has 2 aromatic rings. The van der Waals surface area contributed by atoms with E-state index in [0.29, 0.717) is 12.4 Å². The summed E-state index contributed by atoms with van der Waals surface area (Å²) in [5, 5.41) is 13.4. The SMILES string of the molecule is O=C(CNCC1CC1)Nc1ccc(-c2nnco2)cc1. The Morgan fingerprint density at radius 2 is 2.10 bits per heavy atom. The quantitative estimate of drug-likeness (QED) is 0.836. The molecule has 6 heteroatoms. The molecule has 1 amide bonds. The number of nitrogens with one attached hydrogen (secondary N) is 2. The molecule has 1 aliphatic rings. The van der Waals surface area contributed by atoms with Gasteiger partial charge in [-0.05, 0) is 49.6 Å². The van der Waals surface area contributed by atoms with Gasteiger partial charge in [-0.25, -0.2) is 0 Å². The second-order valence-corrected chi connectivity index (χ2v) is 4.94. The molecule has 3 rings (SSSR count). The third kappa shape index (κ3) is 3.42. The molecular weight excluding hydrogens is 256 g/mol. The molecule has 0 radical (unpaired) electrons. The van der Waals surface area contributed by atoms with Crippen LogP contribution in [-0.2, 0) is 4.79 Å². The van der Waals surface area contributed by atoms with Gasteiger partial charge in [-0.3, -0.25) is 4.79 Å². The lowest BCUT2D eigenvalue weighted by Gasteiger charge is -2.06. The number of nitrogens with zero attached hydrogens (tertiary/aromatic N) is 2. The second kappa shape index (κ2) is 5.83. The van der Waals surface area contributed by atoms with Gasteiger partial charge in [0, 0.05) is 11.3 Å². The van der Waals surface area contributed by atoms with Crippen LogP contribution < -0.4 is 10.6 Å². The van der Waals surface area contributed by atoms with Gasteiger partial charge >= 0.3 is 0 Å². The standard InChI is InChI=1S/C14H16N4O2/c19-13(8-15-7-10-1-2-10)17-12-5-3-11(4-6-12)14-18-16-9-20-14/h3-6,9-10,15H,1-2,7-8H2,(H,17,19). The van der Waals surface area contributed by atoms with Gasteiger partial charge in [-0.15, -0.1) is 10.2 Å². The number of carbonyl (C=O) groups excluding carboxylic acids is 1. The van der Waals surface area contributed by atoms with Crippen molar-refractivity contribution in [1.82, 2.24) is 15.5 Å². The average molecular weight is 272 g/mol. The molecule has 0 aliphatic heterocycles. The molecule has 2 N–H and O–H groups in total. The van der Waals surface area contributed by atoms with Gasteiger partial charge in [0.05, 0.1) is 6.54 Å². The van der Waals surface area contributed by atoms with Crippen molar-refractivity contribution in [3.05, 3.63) is 30.7 Å². The van der Waals surface area contributed by atoms with Crippen molar-refractivity contribution in [3.8, 4) is 11.5 Å². The van der Waals surface area contributed by atoms with E-state index in [1.165, 1.54) is 19.2 Å². The number of benzene rings is 1. The first-order valence-corrected chi connectivity index (χ1v) is 6.68. The van der Waals surface area contributed by atoms with E-state index >= 15 is 0 Å². The van der Waals surface area contributed by atoms with Crippen LogP contribution in [0.25, 0.3) is 11.5 Å². The summed E-state index contributed by atoms with van der Waals surface area (Å²) in [5.74, 6) is 1.21. The lowest BCUT2D eigenvalue weighted by atomic mass is 10.2. The lowest BCUT2D eigenvalue weighted by molar-refractivity contribution is -0.115. The zero-order valence-corrected chi connectivity index (χ0v) is 11.0. The number of hydrogen-bond acceptors (Lipinski definition) is 5. The minimum Gasteiger partial charge on any atom is -0.423 e. The van der Waals surface area contributed by atoms with Crippen LogP contribution in [0.1, 0.15) is 12.8 Å². The molecule has 1 heterocycles. The third-order valence-electron chi connectivity index (χ3n) is 3.19. The number of aromatic nitrogens is 2. The molecule has 104 valence electrons. The highest BCUT2D eigenvalue weighted by Crippen LogP contribution is 2.27. The van der Waals surface area contributed by atoms with Crippen molar-refractivity contribution in [2.24, 2.45) is 5.92 Å². The van der Waals surface area contributed by atoms with Crippen LogP contribution in [0.2, 0.25) is 0 Å². The fraction of sp³-hybridized carbons (Fsp3) is 0.357. The summed E-state index contributed by atoms with van der Waals surface area (Å²) in [6, 6.07) is 7.30. The predicted molar refractivity (Wildman–Crippen MR) is 74.0 cm³/mol. The highest BCUT2D eigenvalue weighted by molar-refractivity contribution is 5.92. The Morgan fingerprint density at radius 3 is 2.75 bits per heavy atom. The molecular formula is C14H16N4O2. The molecule has 0 spiro atoms. The van der Waals surface area contributed by atoms with Crippen LogP contribution in [0.5, 0.6) is 0 Å². The minimum atomic E-state index is -0.0313. The third-order valence-corrected chi connectivity index (χ3v) is 3.19. The van der Waals surface area contributed by atoms with Crippen LogP contribution in [0.15, 0.2) is 35.1 Å². The van der Waals surface area contributed by atoms with E-state index in [1.807, 2.05) is 24.3 Å². The van der Waals surface area contributed by atoms with E-state index < -0.39 is 0 Å². The molecule has 0 saturated heterocycles. The van der Waals surface area contributed by atoms with Crippen LogP contribution >= 0.6 is 0 Å². The molecule has 0 bridgehead atoms. The van der Waals surface area contributed by atoms with Crippen LogP contribution in [0.3, 0.4) is 0 Å². The van der Waals surface area contributed by atoms with Crippen molar-refractivity contribution < 1.29 is 9.21 Å². The monoisotopic (exact) mass is 272 g/mol. The Labute approximate surface area is 116 Å². The molecule has 6 nitrogen and oxygen atoms in total. The number of rotatable bonds is 6. The van der Waals surface area contributed by atoms with E-state index in [-0.39, 0.29) is 5.91 Å². The summed E-state index contributed by atoms with van der Waals surface area (Å²) in [4.78, 5) is 11.7. The Bertz CT molecular complexity index is 561. The average Bonchev–Trinajstić information content (AvgIpc) is 3.11. The molecule has 1 fully saturated rings. The first-order chi connectivity index (χ1) is 9.81. The van der Waals surface area contributed by atoms with Gasteiger partial charge in [0.15, 0.2) is 0 Å². The van der Waals surface area contributed by atoms with Crippen molar-refractivity contribution in [2.75, 3.05) is 18.4 Å². The molecule has 1 aliphatic carbocycles. The molecule has 1 aromatic carbocycles. The van der Waals surface area contributed by atoms with E-state index in [9.17, 15) is 4.79 Å². The van der Waals surface area contributed by atoms with E-state index in [2.05, 4.69) is 20.8 Å². The zero-order chi connectivity index (χ0) is 13.8. The molecule has 20 heavy (non-hydrogen) atoms. The number of amides is 1. The minimum absolute atomic E-state index is 0.0313. The predicted octanol–water partition coefficient (Wildman–Crippen LogP) is 1.67. The van der Waals surface area contributed by atoms with Gasteiger partial charge < -0.3 is 15.1 Å². The van der Waals surface area contributed by atoms with Crippen molar-refractivity contribution in [3.63, 3.8) is 0 Å². The molecule has 0 atom stereocenters. The van der Waals surface area contributed by atoms with Crippen LogP contribution in [0.4, 0.5) is 5.69 Å². The molecule has 1 saturated carbocycles. The maximum Gasteiger partial charge on any atom is 0.247 e. The van der Waals surface area contributed by atoms with E-state index in [0.717, 1.165) is 23.7 Å². The van der Waals surface area contributed by atoms with Gasteiger partial charge in [-0.2, -0.15) is 0 Å². The highest BCUT2D eigenvalue weighted by Gasteiger charge is 2.20. The van der Waals surface area contributed by atoms with Crippen LogP contribution in [-0.4, -0.2) is 29.2 Å². The normalized spacial score (nSPS) is 14.2. The first-order valence-electron chi connectivity index (χ1n) is 6.68. The highest BCUT2D eigenvalue weighted by atomic mass is 16.4. The Hall–Kier alpha value is -2.21. The summed E-state index contributed by atoms with van der Waals surface area (Å²) in [6.45, 7) is 1.28. The zero-order valence-electron chi connectivity index (χ0n) is 11.0. The van der Waals surface area contributed by atoms with Crippen molar-refractivity contribution in [1.29, 1.82) is 0 Å². The molecule has 0 unspecified atom stereocenters. The maximum absolute atomic E-state index is 11.7. The number of hydrogen-bond donors (Lipinski definition) is 2. The summed E-state index contributed by atoms with van der Waals surface area (Å²) >= 11 is 0. The van der Waals surface area contributed by atoms with Crippen molar-refractivity contribution >= 4 is 11.6 Å². The topological polar surface area (TPSA) is 80.0 Å². The molecule has 1 aromatic heterocycles. The fourth-order valence-corrected chi connectivity index (χ4v) is 1.91. The summed E-state index contributed by atoms with van der Waals surface area (Å²) in [7, 11) is 0. The van der Waals surface area contributed by atoms with Gasteiger partial charge in [0.1, 0.15) is 0 Å². The lowest BCUT2D eigenvalue weighted by Crippen LogP contribution is -2.29. The Kier molecular flexibility index (Phi) is 3.73. The summed E-state index contributed by atoms with van der Waals surface area (Å²) < 4.78 is 5.10. The number of anilines is 1. The maximum atomic E-state index is 11.7.